The third-order valence-electron chi connectivity index (χ3n) is 6.59. The van der Waals surface area contributed by atoms with Crippen molar-refractivity contribution in [2.45, 2.75) is 33.2 Å². The van der Waals surface area contributed by atoms with E-state index in [1.807, 2.05) is 58.7 Å². The molecule has 2 saturated heterocycles. The maximum absolute atomic E-state index is 12.8. The van der Waals surface area contributed by atoms with E-state index >= 15 is 0 Å². The van der Waals surface area contributed by atoms with Crippen LogP contribution in [0.3, 0.4) is 0 Å². The van der Waals surface area contributed by atoms with Crippen molar-refractivity contribution in [1.29, 1.82) is 0 Å². The number of ether oxygens (including phenoxy) is 1. The van der Waals surface area contributed by atoms with Gasteiger partial charge in [0.2, 0.25) is 11.8 Å². The average Bonchev–Trinajstić information content (AvgIpc) is 3.11. The van der Waals surface area contributed by atoms with Crippen molar-refractivity contribution >= 4 is 29.5 Å². The molecule has 2 amide bonds. The maximum Gasteiger partial charge on any atom is 0.246 e. The fourth-order valence-electron chi connectivity index (χ4n) is 4.54. The van der Waals surface area contributed by atoms with Gasteiger partial charge < -0.3 is 14.5 Å². The second-order valence-corrected chi connectivity index (χ2v) is 9.11. The van der Waals surface area contributed by atoms with Crippen LogP contribution in [0.15, 0.2) is 30.3 Å². The molecule has 1 aromatic heterocycles. The van der Waals surface area contributed by atoms with Crippen LogP contribution < -0.4 is 0 Å². The summed E-state index contributed by atoms with van der Waals surface area (Å²) in [5.74, 6) is 0.187. The lowest BCUT2D eigenvalue weighted by Crippen LogP contribution is -2.47. The fourth-order valence-corrected chi connectivity index (χ4v) is 4.74. The van der Waals surface area contributed by atoms with Crippen LogP contribution in [0.4, 0.5) is 0 Å². The van der Waals surface area contributed by atoms with E-state index in [1.54, 1.807) is 6.08 Å². The highest BCUT2D eigenvalue weighted by Gasteiger charge is 2.30. The molecule has 0 unspecified atom stereocenters. The van der Waals surface area contributed by atoms with Crippen LogP contribution in [0.5, 0.6) is 0 Å². The molecule has 0 atom stereocenters. The van der Waals surface area contributed by atoms with Crippen molar-refractivity contribution in [3.8, 4) is 0 Å². The first-order valence-electron chi connectivity index (χ1n) is 11.5. The van der Waals surface area contributed by atoms with Crippen LogP contribution in [0.2, 0.25) is 5.02 Å². The van der Waals surface area contributed by atoms with Crippen LogP contribution in [-0.2, 0) is 20.9 Å². The van der Waals surface area contributed by atoms with Crippen LogP contribution >= 0.6 is 11.6 Å². The fraction of sp³-hybridized carbons (Fsp3) is 0.480. The standard InChI is InChI=1S/C25H31ClN4O3/c1-18-22(19(2)30(27-18)17-21-5-3-4-6-23(21)26)7-8-24(31)28-11-9-20(10-12-28)25(32)29-13-15-33-16-14-29/h3-8,20H,9-17H2,1-2H3. The van der Waals surface area contributed by atoms with Gasteiger partial charge in [0.1, 0.15) is 0 Å². The summed E-state index contributed by atoms with van der Waals surface area (Å²) in [6, 6.07) is 7.74. The van der Waals surface area contributed by atoms with Gasteiger partial charge in [-0.3, -0.25) is 14.3 Å². The van der Waals surface area contributed by atoms with E-state index in [-0.39, 0.29) is 17.7 Å². The minimum atomic E-state index is -0.0232. The van der Waals surface area contributed by atoms with Crippen LogP contribution in [-0.4, -0.2) is 70.8 Å². The van der Waals surface area contributed by atoms with Gasteiger partial charge in [0.25, 0.3) is 0 Å². The molecular weight excluding hydrogens is 440 g/mol. The number of aromatic nitrogens is 2. The Morgan fingerprint density at radius 3 is 2.48 bits per heavy atom. The number of likely N-dealkylation sites (tertiary alicyclic amines) is 1. The SMILES string of the molecule is Cc1nn(Cc2ccccc2Cl)c(C)c1C=CC(=O)N1CCC(C(=O)N2CCOCC2)CC1. The molecule has 0 saturated carbocycles. The van der Waals surface area contributed by atoms with Crippen molar-refractivity contribution in [1.82, 2.24) is 19.6 Å². The van der Waals surface area contributed by atoms with Gasteiger partial charge in [-0.05, 0) is 44.4 Å². The largest absolute Gasteiger partial charge is 0.378 e. The predicted molar refractivity (Wildman–Crippen MR) is 128 cm³/mol. The minimum Gasteiger partial charge on any atom is -0.378 e. The highest BCUT2D eigenvalue weighted by atomic mass is 35.5. The Bertz CT molecular complexity index is 1030. The number of hydrogen-bond acceptors (Lipinski definition) is 4. The molecule has 0 spiro atoms. The van der Waals surface area contributed by atoms with Crippen molar-refractivity contribution in [2.24, 2.45) is 5.92 Å². The Hall–Kier alpha value is -2.64. The summed E-state index contributed by atoms with van der Waals surface area (Å²) in [5, 5.41) is 5.36. The van der Waals surface area contributed by atoms with E-state index in [0.717, 1.165) is 22.5 Å². The topological polar surface area (TPSA) is 67.7 Å². The number of morpholine rings is 1. The first-order chi connectivity index (χ1) is 15.9. The number of hydrogen-bond donors (Lipinski definition) is 0. The number of halogens is 1. The second-order valence-electron chi connectivity index (χ2n) is 8.70. The van der Waals surface area contributed by atoms with Gasteiger partial charge in [-0.25, -0.2) is 0 Å². The Balaban J connectivity index is 1.35. The molecule has 4 rings (SSSR count). The Kier molecular flexibility index (Phi) is 7.50. The highest BCUT2D eigenvalue weighted by Crippen LogP contribution is 2.22. The number of amides is 2. The van der Waals surface area contributed by atoms with Crippen LogP contribution in [0, 0.1) is 19.8 Å². The van der Waals surface area contributed by atoms with E-state index in [0.29, 0.717) is 63.8 Å². The Labute approximate surface area is 199 Å². The molecule has 0 aliphatic carbocycles. The van der Waals surface area contributed by atoms with E-state index < -0.39 is 0 Å². The molecule has 1 aromatic carbocycles. The van der Waals surface area contributed by atoms with E-state index in [4.69, 9.17) is 16.3 Å². The third-order valence-corrected chi connectivity index (χ3v) is 6.96. The van der Waals surface area contributed by atoms with E-state index in [9.17, 15) is 9.59 Å². The summed E-state index contributed by atoms with van der Waals surface area (Å²) in [4.78, 5) is 29.2. The zero-order valence-corrected chi connectivity index (χ0v) is 20.1. The molecule has 2 aliphatic heterocycles. The Morgan fingerprint density at radius 2 is 1.79 bits per heavy atom. The van der Waals surface area contributed by atoms with Gasteiger partial charge >= 0.3 is 0 Å². The number of benzene rings is 1. The van der Waals surface area contributed by atoms with Gasteiger partial charge in [-0.1, -0.05) is 29.8 Å². The van der Waals surface area contributed by atoms with Crippen molar-refractivity contribution in [2.75, 3.05) is 39.4 Å². The zero-order chi connectivity index (χ0) is 23.4. The van der Waals surface area contributed by atoms with Crippen LogP contribution in [0.25, 0.3) is 6.08 Å². The molecule has 2 aliphatic rings. The van der Waals surface area contributed by atoms with Gasteiger partial charge in [0.15, 0.2) is 0 Å². The number of carbonyl (C=O) groups is 2. The van der Waals surface area contributed by atoms with Gasteiger partial charge in [0.05, 0.1) is 25.5 Å². The second kappa shape index (κ2) is 10.5. The van der Waals surface area contributed by atoms with Gasteiger partial charge in [0, 0.05) is 54.5 Å². The lowest BCUT2D eigenvalue weighted by atomic mass is 9.95. The summed E-state index contributed by atoms with van der Waals surface area (Å²) in [7, 11) is 0. The zero-order valence-electron chi connectivity index (χ0n) is 19.3. The lowest BCUT2D eigenvalue weighted by molar-refractivity contribution is -0.142. The van der Waals surface area contributed by atoms with Crippen molar-refractivity contribution in [3.63, 3.8) is 0 Å². The smallest absolute Gasteiger partial charge is 0.246 e. The van der Waals surface area contributed by atoms with Crippen molar-refractivity contribution in [3.05, 3.63) is 57.9 Å². The van der Waals surface area contributed by atoms with Gasteiger partial charge in [-0.15, -0.1) is 0 Å². The molecule has 0 N–H and O–H groups in total. The summed E-state index contributed by atoms with van der Waals surface area (Å²) >= 11 is 6.30. The number of piperidine rings is 1. The lowest BCUT2D eigenvalue weighted by Gasteiger charge is -2.35. The number of carbonyl (C=O) groups excluding carboxylic acids is 2. The molecule has 3 heterocycles. The number of rotatable bonds is 5. The molecule has 33 heavy (non-hydrogen) atoms. The molecule has 0 radical (unpaired) electrons. The first-order valence-corrected chi connectivity index (χ1v) is 11.9. The molecule has 7 nitrogen and oxygen atoms in total. The molecule has 0 bridgehead atoms. The summed E-state index contributed by atoms with van der Waals surface area (Å²) < 4.78 is 7.26. The third kappa shape index (κ3) is 5.47. The van der Waals surface area contributed by atoms with E-state index in [1.165, 1.54) is 0 Å². The monoisotopic (exact) mass is 470 g/mol. The highest BCUT2D eigenvalue weighted by molar-refractivity contribution is 6.31. The summed E-state index contributed by atoms with van der Waals surface area (Å²) in [6.45, 7) is 8.31. The normalized spacial score (nSPS) is 17.7. The molecule has 2 aromatic rings. The quantitative estimate of drug-likeness (QED) is 0.629. The first kappa shape index (κ1) is 23.5. The number of aryl methyl sites for hydroxylation is 1. The molecular formula is C25H31ClN4O3. The Morgan fingerprint density at radius 1 is 1.09 bits per heavy atom. The van der Waals surface area contributed by atoms with Crippen LogP contribution in [0.1, 0.15) is 35.4 Å². The van der Waals surface area contributed by atoms with Gasteiger partial charge in [-0.2, -0.15) is 5.10 Å². The predicted octanol–water partition coefficient (Wildman–Crippen LogP) is 3.31. The summed E-state index contributed by atoms with van der Waals surface area (Å²) in [5.41, 5.74) is 3.82. The summed E-state index contributed by atoms with van der Waals surface area (Å²) in [6.07, 6.45) is 4.90. The van der Waals surface area contributed by atoms with Crippen molar-refractivity contribution < 1.29 is 14.3 Å². The number of nitrogens with zero attached hydrogens (tertiary/aromatic N) is 4. The minimum absolute atomic E-state index is 0.00339. The maximum atomic E-state index is 12.8. The van der Waals surface area contributed by atoms with E-state index in [2.05, 4.69) is 5.10 Å². The molecule has 176 valence electrons. The average molecular weight is 471 g/mol. The molecule has 8 heteroatoms. The molecule has 2 fully saturated rings.